The second kappa shape index (κ2) is 13.0. The molecule has 0 unspecified atom stereocenters. The van der Waals surface area contributed by atoms with Crippen LogP contribution < -0.4 is 26.9 Å². The van der Waals surface area contributed by atoms with Crippen LogP contribution >= 0.6 is 0 Å². The summed E-state index contributed by atoms with van der Waals surface area (Å²) >= 11 is 0. The third-order valence-corrected chi connectivity index (χ3v) is 9.58. The normalized spacial score (nSPS) is 19.8. The standard InChI is InChI=1S/C24H20B.C13H29N2O2/c1-5-13-21(14-6-1)25(22-15-7-2-8-16-22,23-17-9-3-10-18-23)24-19-11-4-12-20-24;1-12(2)9-11(15(5,6)7-8-16)10-13(3,4)14(12)17/h1-20H;11,14,16H,7-10H2,1-6H3/q-1;+1. The van der Waals surface area contributed by atoms with Crippen LogP contribution in [0.3, 0.4) is 0 Å². The topological polar surface area (TPSA) is 47.7 Å². The van der Waals surface area contributed by atoms with Crippen LogP contribution in [0.2, 0.25) is 0 Å². The molecule has 1 heterocycles. The number of piperidine rings is 1. The summed E-state index contributed by atoms with van der Waals surface area (Å²) in [6.07, 6.45) is 0.622. The van der Waals surface area contributed by atoms with E-state index in [1.807, 2.05) is 0 Å². The Balaban J connectivity index is 0.000000209. The Bertz CT molecular complexity index is 1200. The molecule has 1 aliphatic rings. The Morgan fingerprint density at radius 3 is 1.19 bits per heavy atom. The highest BCUT2D eigenvalue weighted by Gasteiger charge is 2.50. The number of likely N-dealkylation sites (N-methyl/N-ethyl adjacent to an activating group) is 1. The minimum Gasteiger partial charge on any atom is -0.634 e. The molecule has 4 aromatic carbocycles. The average Bonchev–Trinajstić information content (AvgIpc) is 2.99. The molecule has 1 saturated heterocycles. The number of rotatable bonds is 7. The Morgan fingerprint density at radius 2 is 0.929 bits per heavy atom. The van der Waals surface area contributed by atoms with Gasteiger partial charge in [-0.05, 0) is 27.7 Å². The molecule has 0 atom stereocenters. The maximum absolute atomic E-state index is 12.3. The van der Waals surface area contributed by atoms with Crippen LogP contribution in [0, 0.1) is 5.21 Å². The summed E-state index contributed by atoms with van der Waals surface area (Å²) in [6, 6.07) is 44.0. The first kappa shape index (κ1) is 31.7. The van der Waals surface area contributed by atoms with E-state index in [4.69, 9.17) is 5.11 Å². The van der Waals surface area contributed by atoms with E-state index in [1.165, 1.54) is 21.9 Å². The van der Waals surface area contributed by atoms with E-state index in [9.17, 15) is 5.21 Å². The summed E-state index contributed by atoms with van der Waals surface area (Å²) in [5.41, 5.74) is 4.88. The average molecular weight is 565 g/mol. The van der Waals surface area contributed by atoms with Gasteiger partial charge in [0.25, 0.3) is 0 Å². The van der Waals surface area contributed by atoms with Gasteiger partial charge in [0.2, 0.25) is 0 Å². The summed E-state index contributed by atoms with van der Waals surface area (Å²) in [7, 11) is 4.31. The Morgan fingerprint density at radius 1 is 0.643 bits per heavy atom. The molecule has 2 N–H and O–H groups in total. The van der Waals surface area contributed by atoms with Crippen LogP contribution in [0.25, 0.3) is 0 Å². The van der Waals surface area contributed by atoms with Crippen LogP contribution in [0.15, 0.2) is 121 Å². The van der Waals surface area contributed by atoms with E-state index in [2.05, 4.69) is 163 Å². The fourth-order valence-corrected chi connectivity index (χ4v) is 7.41. The molecule has 0 aliphatic carbocycles. The van der Waals surface area contributed by atoms with Crippen LogP contribution in [0.5, 0.6) is 0 Å². The number of benzene rings is 4. The molecule has 5 heteroatoms. The van der Waals surface area contributed by atoms with Gasteiger partial charge < -0.3 is 19.9 Å². The molecule has 0 saturated carbocycles. The van der Waals surface area contributed by atoms with E-state index >= 15 is 0 Å². The monoisotopic (exact) mass is 564 g/mol. The van der Waals surface area contributed by atoms with Crippen molar-refractivity contribution in [2.75, 3.05) is 27.2 Å². The van der Waals surface area contributed by atoms with Crippen molar-refractivity contribution in [3.05, 3.63) is 127 Å². The number of nitrogens with zero attached hydrogens (tertiary/aromatic N) is 1. The van der Waals surface area contributed by atoms with Gasteiger partial charge in [-0.1, -0.05) is 121 Å². The van der Waals surface area contributed by atoms with Crippen LogP contribution in [-0.2, 0) is 0 Å². The molecule has 222 valence electrons. The van der Waals surface area contributed by atoms with E-state index in [1.54, 1.807) is 0 Å². The number of aliphatic hydroxyl groups excluding tert-OH is 1. The maximum atomic E-state index is 12.3. The molecule has 0 bridgehead atoms. The minimum atomic E-state index is -1.22. The number of hydroxylamine groups is 2. The summed E-state index contributed by atoms with van der Waals surface area (Å²) in [4.78, 5) is 0. The third kappa shape index (κ3) is 6.55. The van der Waals surface area contributed by atoms with Gasteiger partial charge in [0, 0.05) is 0 Å². The molecule has 42 heavy (non-hydrogen) atoms. The number of aliphatic hydroxyl groups is 1. The third-order valence-electron chi connectivity index (χ3n) is 9.58. The van der Waals surface area contributed by atoms with Crippen molar-refractivity contribution in [1.29, 1.82) is 0 Å². The number of quaternary nitrogens is 2. The molecule has 1 fully saturated rings. The van der Waals surface area contributed by atoms with Gasteiger partial charge in [0.15, 0.2) is 0 Å². The fourth-order valence-electron chi connectivity index (χ4n) is 7.41. The summed E-state index contributed by atoms with van der Waals surface area (Å²) in [5, 5.41) is 21.9. The smallest absolute Gasteiger partial charge is 0.108 e. The van der Waals surface area contributed by atoms with Crippen molar-refractivity contribution in [3.8, 4) is 0 Å². The molecule has 0 amide bonds. The molecule has 5 rings (SSSR count). The largest absolute Gasteiger partial charge is 0.634 e. The molecule has 4 aromatic rings. The van der Waals surface area contributed by atoms with Gasteiger partial charge in [-0.2, -0.15) is 21.9 Å². The van der Waals surface area contributed by atoms with Gasteiger partial charge in [-0.25, -0.2) is 0 Å². The first-order valence-electron chi connectivity index (χ1n) is 15.3. The van der Waals surface area contributed by atoms with Gasteiger partial charge in [0.1, 0.15) is 18.7 Å². The lowest BCUT2D eigenvalue weighted by Gasteiger charge is -2.56. The SMILES string of the molecule is CC1(C)CC([N+](C)(C)CCO)CC(C)(C)[NH+]1[O-].c1ccc([B-](c2ccccc2)(c2ccccc2)c2ccccc2)cc1. The van der Waals surface area contributed by atoms with Crippen molar-refractivity contribution in [2.45, 2.75) is 57.7 Å². The number of hydrogen-bond acceptors (Lipinski definition) is 2. The van der Waals surface area contributed by atoms with Gasteiger partial charge in [-0.3, -0.25) is 0 Å². The minimum absolute atomic E-state index is 0.207. The fraction of sp³-hybridized carbons (Fsp3) is 0.351. The van der Waals surface area contributed by atoms with Crippen LogP contribution in [0.1, 0.15) is 40.5 Å². The maximum Gasteiger partial charge on any atom is 0.108 e. The van der Waals surface area contributed by atoms with Crippen molar-refractivity contribution >= 4 is 28.0 Å². The first-order chi connectivity index (χ1) is 19.9. The van der Waals surface area contributed by atoms with E-state index in [0.29, 0.717) is 11.1 Å². The summed E-state index contributed by atoms with van der Waals surface area (Å²) < 4.78 is 0.802. The Kier molecular flexibility index (Phi) is 9.79. The lowest BCUT2D eigenvalue weighted by atomic mass is 9.13. The highest BCUT2D eigenvalue weighted by Crippen LogP contribution is 2.29. The Hall–Kier alpha value is -3.22. The Labute approximate surface area is 253 Å². The highest BCUT2D eigenvalue weighted by atomic mass is 16.5. The number of nitrogens with one attached hydrogen (secondary N) is 1. The zero-order valence-corrected chi connectivity index (χ0v) is 26.3. The molecular weight excluding hydrogens is 515 g/mol. The van der Waals surface area contributed by atoms with Gasteiger partial charge in [-0.15, -0.1) is 0 Å². The summed E-state index contributed by atoms with van der Waals surface area (Å²) in [5.74, 6) is 0. The first-order valence-corrected chi connectivity index (χ1v) is 15.3. The van der Waals surface area contributed by atoms with E-state index < -0.39 is 6.15 Å². The van der Waals surface area contributed by atoms with E-state index in [-0.39, 0.29) is 17.7 Å². The van der Waals surface area contributed by atoms with E-state index in [0.717, 1.165) is 23.9 Å². The lowest BCUT2D eigenvalue weighted by molar-refractivity contribution is -0.985. The van der Waals surface area contributed by atoms with Crippen molar-refractivity contribution in [3.63, 3.8) is 0 Å². The van der Waals surface area contributed by atoms with Gasteiger partial charge in [0.05, 0.1) is 44.6 Å². The second-order valence-electron chi connectivity index (χ2n) is 13.9. The molecular formula is C37H49BN2O2. The predicted octanol–water partition coefficient (Wildman–Crippen LogP) is 3.22. The summed E-state index contributed by atoms with van der Waals surface area (Å²) in [6.45, 7) is 9.19. The zero-order chi connectivity index (χ0) is 30.4. The number of hydrogen-bond donors (Lipinski definition) is 2. The predicted molar refractivity (Wildman–Crippen MR) is 180 cm³/mol. The van der Waals surface area contributed by atoms with Crippen LogP contribution in [0.4, 0.5) is 0 Å². The van der Waals surface area contributed by atoms with Crippen molar-refractivity contribution in [2.24, 2.45) is 0 Å². The highest BCUT2D eigenvalue weighted by molar-refractivity contribution is 7.19. The zero-order valence-electron chi connectivity index (χ0n) is 26.3. The quantitative estimate of drug-likeness (QED) is 0.206. The molecule has 4 nitrogen and oxygen atoms in total. The van der Waals surface area contributed by atoms with Crippen molar-refractivity contribution < 1.29 is 14.7 Å². The van der Waals surface area contributed by atoms with Crippen molar-refractivity contribution in [1.82, 2.24) is 0 Å². The molecule has 0 aromatic heterocycles. The molecule has 0 radical (unpaired) electrons. The van der Waals surface area contributed by atoms with Crippen LogP contribution in [-0.4, -0.2) is 60.1 Å². The molecule has 0 spiro atoms. The van der Waals surface area contributed by atoms with Gasteiger partial charge >= 0.3 is 0 Å². The lowest BCUT2D eigenvalue weighted by Crippen LogP contribution is -3.23. The molecule has 1 aliphatic heterocycles. The second-order valence-corrected chi connectivity index (χ2v) is 13.9.